The number of nitro groups is 1. The van der Waals surface area contributed by atoms with Gasteiger partial charge in [0.1, 0.15) is 5.69 Å². The Labute approximate surface area is 182 Å². The van der Waals surface area contributed by atoms with Gasteiger partial charge in [-0.05, 0) is 48.9 Å². The van der Waals surface area contributed by atoms with Gasteiger partial charge in [0.25, 0.3) is 17.5 Å². The van der Waals surface area contributed by atoms with E-state index < -0.39 is 4.92 Å². The highest BCUT2D eigenvalue weighted by molar-refractivity contribution is 6.34. The lowest BCUT2D eigenvalue weighted by atomic mass is 10.1. The zero-order valence-electron chi connectivity index (χ0n) is 16.8. The van der Waals surface area contributed by atoms with Gasteiger partial charge in [0.05, 0.1) is 39.1 Å². The molecular weight excluding hydrogens is 410 g/mol. The number of nitro benzene ring substituents is 1. The maximum atomic E-state index is 12.6. The van der Waals surface area contributed by atoms with Crippen LogP contribution in [0.25, 0.3) is 0 Å². The first-order valence-corrected chi connectivity index (χ1v) is 9.48. The van der Waals surface area contributed by atoms with Crippen molar-refractivity contribution in [2.24, 2.45) is 5.10 Å². The van der Waals surface area contributed by atoms with Crippen LogP contribution in [0.2, 0.25) is 0 Å². The number of carbonyl (C=O) groups is 2. The van der Waals surface area contributed by atoms with Crippen LogP contribution in [0.15, 0.2) is 71.8 Å². The normalized spacial score (nSPS) is 13.0. The van der Waals surface area contributed by atoms with Crippen LogP contribution in [0.5, 0.6) is 0 Å². The summed E-state index contributed by atoms with van der Waals surface area (Å²) in [6.45, 7) is 1.71. The molecule has 4 rings (SSSR count). The van der Waals surface area contributed by atoms with Gasteiger partial charge in [-0.1, -0.05) is 24.3 Å². The molecule has 2 amide bonds. The van der Waals surface area contributed by atoms with E-state index in [2.05, 4.69) is 10.5 Å². The molecule has 0 fully saturated rings. The molecule has 0 saturated heterocycles. The molecule has 1 N–H and O–H groups in total. The zero-order valence-corrected chi connectivity index (χ0v) is 16.8. The number of rotatable bonds is 5. The quantitative estimate of drug-likeness (QED) is 0.284. The highest BCUT2D eigenvalue weighted by atomic mass is 16.6. The number of amides is 2. The molecule has 3 aromatic carbocycles. The van der Waals surface area contributed by atoms with Crippen LogP contribution in [0.4, 0.5) is 17.1 Å². The smallest absolute Gasteiger partial charge is 0.271 e. The minimum atomic E-state index is -0.592. The summed E-state index contributed by atoms with van der Waals surface area (Å²) in [5.74, 6) is -0.753. The number of nitriles is 1. The van der Waals surface area contributed by atoms with Crippen molar-refractivity contribution in [3.63, 3.8) is 0 Å². The van der Waals surface area contributed by atoms with E-state index in [-0.39, 0.29) is 28.8 Å². The summed E-state index contributed by atoms with van der Waals surface area (Å²) in [6, 6.07) is 19.2. The van der Waals surface area contributed by atoms with Crippen LogP contribution >= 0.6 is 0 Å². The zero-order chi connectivity index (χ0) is 22.8. The lowest BCUT2D eigenvalue weighted by Gasteiger charge is -2.14. The molecule has 0 bridgehead atoms. The second-order valence-corrected chi connectivity index (χ2v) is 6.95. The van der Waals surface area contributed by atoms with E-state index in [1.165, 1.54) is 18.2 Å². The van der Waals surface area contributed by atoms with Gasteiger partial charge in [0.15, 0.2) is 0 Å². The van der Waals surface area contributed by atoms with Gasteiger partial charge in [-0.2, -0.15) is 10.4 Å². The number of nitrogens with zero attached hydrogens (tertiary/aromatic N) is 4. The summed E-state index contributed by atoms with van der Waals surface area (Å²) in [5, 5.41) is 24.4. The van der Waals surface area contributed by atoms with Crippen molar-refractivity contribution < 1.29 is 14.5 Å². The number of fused-ring (bicyclic) bond motifs is 1. The van der Waals surface area contributed by atoms with E-state index in [1.54, 1.807) is 55.5 Å². The largest absolute Gasteiger partial charge is 0.295 e. The molecule has 1 aliphatic rings. The molecule has 3 aromatic rings. The fourth-order valence-electron chi connectivity index (χ4n) is 3.33. The molecule has 9 nitrogen and oxygen atoms in total. The molecule has 0 aliphatic carbocycles. The fourth-order valence-corrected chi connectivity index (χ4v) is 3.33. The minimum Gasteiger partial charge on any atom is -0.271 e. The van der Waals surface area contributed by atoms with Gasteiger partial charge in [-0.25, -0.2) is 4.90 Å². The van der Waals surface area contributed by atoms with E-state index in [0.717, 1.165) is 4.90 Å². The molecule has 1 heterocycles. The molecule has 0 spiro atoms. The number of imide groups is 1. The van der Waals surface area contributed by atoms with Crippen molar-refractivity contribution in [3.05, 3.63) is 99.1 Å². The van der Waals surface area contributed by atoms with E-state index >= 15 is 0 Å². The second-order valence-electron chi connectivity index (χ2n) is 6.95. The predicted molar refractivity (Wildman–Crippen MR) is 118 cm³/mol. The Kier molecular flexibility index (Phi) is 5.18. The highest BCUT2D eigenvalue weighted by Gasteiger charge is 2.36. The summed E-state index contributed by atoms with van der Waals surface area (Å²) in [4.78, 5) is 37.0. The van der Waals surface area contributed by atoms with Gasteiger partial charge in [0.2, 0.25) is 0 Å². The van der Waals surface area contributed by atoms with E-state index in [4.69, 9.17) is 5.26 Å². The number of hydrogen-bond acceptors (Lipinski definition) is 7. The number of anilines is 2. The Morgan fingerprint density at radius 3 is 2.22 bits per heavy atom. The van der Waals surface area contributed by atoms with E-state index in [1.807, 2.05) is 6.07 Å². The monoisotopic (exact) mass is 425 g/mol. The summed E-state index contributed by atoms with van der Waals surface area (Å²) >= 11 is 0. The van der Waals surface area contributed by atoms with E-state index in [9.17, 15) is 19.7 Å². The van der Waals surface area contributed by atoms with Crippen LogP contribution < -0.4 is 10.3 Å². The first-order valence-electron chi connectivity index (χ1n) is 9.48. The maximum Gasteiger partial charge on any atom is 0.295 e. The van der Waals surface area contributed by atoms with Crippen molar-refractivity contribution in [1.29, 1.82) is 5.26 Å². The molecule has 32 heavy (non-hydrogen) atoms. The average molecular weight is 425 g/mol. The Morgan fingerprint density at radius 1 is 1.03 bits per heavy atom. The lowest BCUT2D eigenvalue weighted by Crippen LogP contribution is -2.29. The van der Waals surface area contributed by atoms with Gasteiger partial charge in [-0.3, -0.25) is 25.1 Å². The molecule has 0 radical (unpaired) electrons. The standard InChI is InChI=1S/C23H15N5O4/c1-14(25-26-20-11-6-15(13-24)12-21(20)28(31)32)16-7-9-17(10-8-16)27-22(29)18-4-2-3-5-19(18)23(27)30/h2-12,26H,1H3. The number of nitrogens with one attached hydrogen (secondary N) is 1. The number of carbonyl (C=O) groups excluding carboxylic acids is 2. The van der Waals surface area contributed by atoms with Crippen LogP contribution in [0, 0.1) is 21.4 Å². The summed E-state index contributed by atoms with van der Waals surface area (Å²) in [6.07, 6.45) is 0. The third kappa shape index (κ3) is 3.57. The summed E-state index contributed by atoms with van der Waals surface area (Å²) in [7, 11) is 0. The first-order chi connectivity index (χ1) is 15.4. The van der Waals surface area contributed by atoms with Gasteiger partial charge in [0, 0.05) is 6.07 Å². The van der Waals surface area contributed by atoms with Crippen molar-refractivity contribution in [1.82, 2.24) is 0 Å². The van der Waals surface area contributed by atoms with Gasteiger partial charge < -0.3 is 0 Å². The highest BCUT2D eigenvalue weighted by Crippen LogP contribution is 2.29. The van der Waals surface area contributed by atoms with Crippen molar-refractivity contribution in [2.75, 3.05) is 10.3 Å². The minimum absolute atomic E-state index is 0.149. The Balaban J connectivity index is 1.55. The Bertz CT molecular complexity index is 1300. The topological polar surface area (TPSA) is 129 Å². The maximum absolute atomic E-state index is 12.6. The second kappa shape index (κ2) is 8.12. The van der Waals surface area contributed by atoms with Gasteiger partial charge >= 0.3 is 0 Å². The van der Waals surface area contributed by atoms with E-state index in [0.29, 0.717) is 28.1 Å². The summed E-state index contributed by atoms with van der Waals surface area (Å²) < 4.78 is 0. The molecule has 9 heteroatoms. The Hall–Kier alpha value is -4.84. The van der Waals surface area contributed by atoms with Gasteiger partial charge in [-0.15, -0.1) is 0 Å². The summed E-state index contributed by atoms with van der Waals surface area (Å²) in [5.41, 5.74) is 5.10. The van der Waals surface area contributed by atoms with Crippen LogP contribution in [-0.4, -0.2) is 22.4 Å². The molecule has 0 atom stereocenters. The third-order valence-corrected chi connectivity index (χ3v) is 5.00. The average Bonchev–Trinajstić information content (AvgIpc) is 3.07. The number of hydrazone groups is 1. The molecular formula is C23H15N5O4. The first kappa shape index (κ1) is 20.4. The third-order valence-electron chi connectivity index (χ3n) is 5.00. The molecule has 156 valence electrons. The predicted octanol–water partition coefficient (Wildman–Crippen LogP) is 4.10. The van der Waals surface area contributed by atoms with Crippen molar-refractivity contribution in [2.45, 2.75) is 6.92 Å². The SMILES string of the molecule is CC(=NNc1ccc(C#N)cc1[N+](=O)[O-])c1ccc(N2C(=O)c3ccccc3C2=O)cc1. The van der Waals surface area contributed by atoms with Crippen LogP contribution in [0.3, 0.4) is 0 Å². The molecule has 1 aliphatic heterocycles. The number of hydrogen-bond donors (Lipinski definition) is 1. The number of benzene rings is 3. The van der Waals surface area contributed by atoms with Crippen molar-refractivity contribution >= 4 is 34.6 Å². The molecule has 0 unspecified atom stereocenters. The van der Waals surface area contributed by atoms with Crippen LogP contribution in [0.1, 0.15) is 38.8 Å². The molecule has 0 saturated carbocycles. The lowest BCUT2D eigenvalue weighted by molar-refractivity contribution is -0.384. The fraction of sp³-hybridized carbons (Fsp3) is 0.0435. The van der Waals surface area contributed by atoms with Crippen LogP contribution in [-0.2, 0) is 0 Å². The molecule has 0 aromatic heterocycles. The Morgan fingerprint density at radius 2 is 1.66 bits per heavy atom. The van der Waals surface area contributed by atoms with Crippen molar-refractivity contribution in [3.8, 4) is 6.07 Å².